The molecule has 1 rings (SSSR count). The lowest BCUT2D eigenvalue weighted by atomic mass is 9.86. The summed E-state index contributed by atoms with van der Waals surface area (Å²) in [5, 5.41) is 9.16. The van der Waals surface area contributed by atoms with Gasteiger partial charge in [-0.25, -0.2) is 13.1 Å². The van der Waals surface area contributed by atoms with E-state index >= 15 is 0 Å². The summed E-state index contributed by atoms with van der Waals surface area (Å²) in [5.41, 5.74) is 5.63. The molecule has 1 aromatic carbocycles. The molecule has 0 saturated heterocycles. The Morgan fingerprint density at radius 1 is 1.40 bits per heavy atom. The van der Waals surface area contributed by atoms with Gasteiger partial charge in [-0.15, -0.1) is 0 Å². The molecule has 0 aliphatic rings. The molecule has 0 saturated carbocycles. The zero-order valence-electron chi connectivity index (χ0n) is 11.9. The van der Waals surface area contributed by atoms with Crippen LogP contribution in [0.3, 0.4) is 0 Å². The molecule has 0 aliphatic heterocycles. The van der Waals surface area contributed by atoms with Gasteiger partial charge in [0.15, 0.2) is 0 Å². The highest BCUT2D eigenvalue weighted by Crippen LogP contribution is 2.27. The van der Waals surface area contributed by atoms with Crippen LogP contribution in [0, 0.1) is 5.41 Å². The molecular weight excluding hydrogens is 300 g/mol. The summed E-state index contributed by atoms with van der Waals surface area (Å²) < 4.78 is 27.4. The molecule has 0 radical (unpaired) electrons. The number of halogens is 1. The first-order valence-electron chi connectivity index (χ1n) is 6.26. The van der Waals surface area contributed by atoms with Crippen molar-refractivity contribution in [1.29, 1.82) is 0 Å². The van der Waals surface area contributed by atoms with E-state index < -0.39 is 16.1 Å². The summed E-state index contributed by atoms with van der Waals surface area (Å²) in [6, 6.07) is 3.86. The molecule has 1 atom stereocenters. The van der Waals surface area contributed by atoms with Crippen LogP contribution in [-0.4, -0.2) is 26.2 Å². The minimum absolute atomic E-state index is 0.0134. The van der Waals surface area contributed by atoms with Crippen molar-refractivity contribution in [2.75, 3.05) is 12.3 Å². The Balaban J connectivity index is 3.10. The normalized spacial score (nSPS) is 14.2. The molecule has 5 nitrogen and oxygen atoms in total. The summed E-state index contributed by atoms with van der Waals surface area (Å²) in [6.07, 6.45) is 0.329. The third kappa shape index (κ3) is 4.34. The number of aliphatic hydroxyl groups is 1. The number of hydrogen-bond donors (Lipinski definition) is 3. The second kappa shape index (κ2) is 6.30. The van der Waals surface area contributed by atoms with Crippen molar-refractivity contribution in [3.63, 3.8) is 0 Å². The number of benzene rings is 1. The number of aliphatic hydroxyl groups excluding tert-OH is 1. The third-order valence-corrected chi connectivity index (χ3v) is 4.96. The standard InChI is InChI=1S/C13H21ClN2O3S/c1-13(2,3)12(6-7-17)16-20(18,19)11-5-4-9(15)8-10(11)14/h4-5,8,12,16-17H,6-7,15H2,1-3H3. The van der Waals surface area contributed by atoms with E-state index in [1.165, 1.54) is 18.2 Å². The van der Waals surface area contributed by atoms with E-state index in [0.717, 1.165) is 0 Å². The Bertz CT molecular complexity index is 567. The van der Waals surface area contributed by atoms with Gasteiger partial charge in [-0.3, -0.25) is 0 Å². The lowest BCUT2D eigenvalue weighted by Gasteiger charge is -2.31. The van der Waals surface area contributed by atoms with Crippen LogP contribution in [0.1, 0.15) is 27.2 Å². The Kier molecular flexibility index (Phi) is 5.43. The average Bonchev–Trinajstić information content (AvgIpc) is 2.26. The fourth-order valence-electron chi connectivity index (χ4n) is 1.78. The predicted molar refractivity (Wildman–Crippen MR) is 81.1 cm³/mol. The fourth-order valence-corrected chi connectivity index (χ4v) is 3.81. The van der Waals surface area contributed by atoms with Gasteiger partial charge in [-0.1, -0.05) is 32.4 Å². The van der Waals surface area contributed by atoms with Crippen LogP contribution in [0.15, 0.2) is 23.1 Å². The lowest BCUT2D eigenvalue weighted by Crippen LogP contribution is -2.44. The zero-order chi connectivity index (χ0) is 15.6. The zero-order valence-corrected chi connectivity index (χ0v) is 13.4. The molecular formula is C13H21ClN2O3S. The van der Waals surface area contributed by atoms with Crippen molar-refractivity contribution in [2.45, 2.75) is 38.1 Å². The molecule has 0 bridgehead atoms. The topological polar surface area (TPSA) is 92.4 Å². The van der Waals surface area contributed by atoms with E-state index in [0.29, 0.717) is 12.1 Å². The largest absolute Gasteiger partial charge is 0.399 e. The van der Waals surface area contributed by atoms with E-state index in [-0.39, 0.29) is 21.9 Å². The van der Waals surface area contributed by atoms with Crippen LogP contribution in [0.2, 0.25) is 5.02 Å². The summed E-state index contributed by atoms with van der Waals surface area (Å²) >= 11 is 5.94. The number of nitrogens with one attached hydrogen (secondary N) is 1. The molecule has 1 unspecified atom stereocenters. The third-order valence-electron chi connectivity index (χ3n) is 3.01. The van der Waals surface area contributed by atoms with Crippen LogP contribution < -0.4 is 10.5 Å². The van der Waals surface area contributed by atoms with Crippen molar-refractivity contribution >= 4 is 27.3 Å². The average molecular weight is 321 g/mol. The Labute approximate surface area is 125 Å². The number of nitrogens with two attached hydrogens (primary N) is 1. The van der Waals surface area contributed by atoms with E-state index in [1.54, 1.807) is 0 Å². The second-order valence-electron chi connectivity index (χ2n) is 5.74. The molecule has 0 heterocycles. The van der Waals surface area contributed by atoms with E-state index in [2.05, 4.69) is 4.72 Å². The Morgan fingerprint density at radius 3 is 2.45 bits per heavy atom. The number of sulfonamides is 1. The summed E-state index contributed by atoms with van der Waals surface area (Å²) in [7, 11) is -3.76. The van der Waals surface area contributed by atoms with Gasteiger partial charge in [0.25, 0.3) is 0 Å². The number of anilines is 1. The number of rotatable bonds is 5. The van der Waals surface area contributed by atoms with Gasteiger partial charge in [-0.2, -0.15) is 0 Å². The van der Waals surface area contributed by atoms with Crippen LogP contribution >= 0.6 is 11.6 Å². The summed E-state index contributed by atoms with van der Waals surface area (Å²) in [6.45, 7) is 5.61. The fraction of sp³-hybridized carbons (Fsp3) is 0.538. The first kappa shape index (κ1) is 17.2. The first-order valence-corrected chi connectivity index (χ1v) is 8.12. The summed E-state index contributed by atoms with van der Waals surface area (Å²) in [5.74, 6) is 0. The Morgan fingerprint density at radius 2 is 2.00 bits per heavy atom. The van der Waals surface area contributed by atoms with Crippen molar-refractivity contribution < 1.29 is 13.5 Å². The van der Waals surface area contributed by atoms with Crippen molar-refractivity contribution in [3.8, 4) is 0 Å². The highest BCUT2D eigenvalue weighted by Gasteiger charge is 2.30. The van der Waals surface area contributed by atoms with Crippen molar-refractivity contribution in [2.24, 2.45) is 5.41 Å². The SMILES string of the molecule is CC(C)(C)C(CCO)NS(=O)(=O)c1ccc(N)cc1Cl. The second-order valence-corrected chi connectivity index (χ2v) is 7.83. The van der Waals surface area contributed by atoms with Crippen LogP contribution in [0.5, 0.6) is 0 Å². The summed E-state index contributed by atoms with van der Waals surface area (Å²) in [4.78, 5) is -0.0134. The number of hydrogen-bond acceptors (Lipinski definition) is 4. The van der Waals surface area contributed by atoms with E-state index in [9.17, 15) is 8.42 Å². The van der Waals surface area contributed by atoms with Gasteiger partial charge in [-0.05, 0) is 30.0 Å². The monoisotopic (exact) mass is 320 g/mol. The quantitative estimate of drug-likeness (QED) is 0.723. The molecule has 7 heteroatoms. The molecule has 0 amide bonds. The van der Waals surface area contributed by atoms with Gasteiger partial charge in [0.1, 0.15) is 4.90 Å². The smallest absolute Gasteiger partial charge is 0.242 e. The molecule has 114 valence electrons. The molecule has 0 aromatic heterocycles. The van der Waals surface area contributed by atoms with E-state index in [4.69, 9.17) is 22.4 Å². The molecule has 0 fully saturated rings. The molecule has 0 aliphatic carbocycles. The van der Waals surface area contributed by atoms with Crippen LogP contribution in [-0.2, 0) is 10.0 Å². The first-order chi connectivity index (χ1) is 9.08. The maximum absolute atomic E-state index is 12.4. The molecule has 1 aromatic rings. The maximum Gasteiger partial charge on any atom is 0.242 e. The Hall–Kier alpha value is -0.820. The highest BCUT2D eigenvalue weighted by molar-refractivity contribution is 7.89. The lowest BCUT2D eigenvalue weighted by molar-refractivity contribution is 0.214. The van der Waals surface area contributed by atoms with Gasteiger partial charge < -0.3 is 10.8 Å². The van der Waals surface area contributed by atoms with Gasteiger partial charge in [0.05, 0.1) is 5.02 Å². The molecule has 20 heavy (non-hydrogen) atoms. The highest BCUT2D eigenvalue weighted by atomic mass is 35.5. The minimum Gasteiger partial charge on any atom is -0.399 e. The minimum atomic E-state index is -3.76. The van der Waals surface area contributed by atoms with Gasteiger partial charge >= 0.3 is 0 Å². The number of nitrogen functional groups attached to an aromatic ring is 1. The predicted octanol–water partition coefficient (Wildman–Crippen LogP) is 2.00. The van der Waals surface area contributed by atoms with Crippen molar-refractivity contribution in [1.82, 2.24) is 4.72 Å². The van der Waals surface area contributed by atoms with E-state index in [1.807, 2.05) is 20.8 Å². The van der Waals surface area contributed by atoms with Gasteiger partial charge in [0.2, 0.25) is 10.0 Å². The maximum atomic E-state index is 12.4. The van der Waals surface area contributed by atoms with Crippen LogP contribution in [0.25, 0.3) is 0 Å². The molecule has 4 N–H and O–H groups in total. The molecule has 0 spiro atoms. The van der Waals surface area contributed by atoms with Crippen molar-refractivity contribution in [3.05, 3.63) is 23.2 Å². The van der Waals surface area contributed by atoms with Crippen LogP contribution in [0.4, 0.5) is 5.69 Å². The van der Waals surface area contributed by atoms with Gasteiger partial charge in [0, 0.05) is 18.3 Å².